The number of nitrogens with one attached hydrogen (secondary N) is 3. The summed E-state index contributed by atoms with van der Waals surface area (Å²) < 4.78 is 10.8. The van der Waals surface area contributed by atoms with Crippen LogP contribution in [0.25, 0.3) is 0 Å². The molecule has 0 unspecified atom stereocenters. The van der Waals surface area contributed by atoms with E-state index in [0.717, 1.165) is 25.7 Å². The van der Waals surface area contributed by atoms with Gasteiger partial charge >= 0.3 is 0 Å². The van der Waals surface area contributed by atoms with E-state index in [9.17, 15) is 9.59 Å². The molecule has 0 atom stereocenters. The van der Waals surface area contributed by atoms with Gasteiger partial charge in [0.15, 0.2) is 5.11 Å². The molecule has 0 saturated carbocycles. The number of hydrogen-bond acceptors (Lipinski definition) is 5. The summed E-state index contributed by atoms with van der Waals surface area (Å²) in [6.45, 7) is 3.51. The van der Waals surface area contributed by atoms with Crippen LogP contribution >= 0.6 is 12.2 Å². The Kier molecular flexibility index (Phi) is 11.2. The van der Waals surface area contributed by atoms with E-state index in [1.165, 1.54) is 0 Å². The van der Waals surface area contributed by atoms with Crippen molar-refractivity contribution in [3.05, 3.63) is 59.7 Å². The average molecular weight is 458 g/mol. The summed E-state index contributed by atoms with van der Waals surface area (Å²) >= 11 is 5.31. The monoisotopic (exact) mass is 457 g/mol. The van der Waals surface area contributed by atoms with Crippen molar-refractivity contribution in [3.8, 4) is 5.75 Å². The van der Waals surface area contributed by atoms with Gasteiger partial charge in [-0.2, -0.15) is 0 Å². The molecule has 172 valence electrons. The zero-order chi connectivity index (χ0) is 23.2. The normalized spacial score (nSPS) is 10.3. The molecule has 0 aliphatic heterocycles. The van der Waals surface area contributed by atoms with Crippen molar-refractivity contribution in [2.75, 3.05) is 32.2 Å². The maximum atomic E-state index is 12.8. The van der Waals surface area contributed by atoms with Gasteiger partial charge in [-0.3, -0.25) is 14.9 Å². The number of rotatable bonds is 12. The van der Waals surface area contributed by atoms with E-state index in [1.54, 1.807) is 49.6 Å². The van der Waals surface area contributed by atoms with Gasteiger partial charge in [0.1, 0.15) is 5.75 Å². The van der Waals surface area contributed by atoms with Crippen molar-refractivity contribution in [1.82, 2.24) is 10.6 Å². The van der Waals surface area contributed by atoms with Crippen LogP contribution in [0.4, 0.5) is 5.69 Å². The Labute approximate surface area is 194 Å². The van der Waals surface area contributed by atoms with E-state index >= 15 is 0 Å². The fraction of sp³-hybridized carbons (Fsp3) is 0.375. The van der Waals surface area contributed by atoms with Crippen LogP contribution in [0.2, 0.25) is 0 Å². The summed E-state index contributed by atoms with van der Waals surface area (Å²) in [5.41, 5.74) is 1.31. The van der Waals surface area contributed by atoms with Crippen LogP contribution in [0, 0.1) is 0 Å². The first-order chi connectivity index (χ1) is 15.6. The smallest absolute Gasteiger partial charge is 0.261 e. The molecule has 2 aromatic carbocycles. The summed E-state index contributed by atoms with van der Waals surface area (Å²) in [7, 11) is 1.57. The molecule has 0 saturated heterocycles. The zero-order valence-corrected chi connectivity index (χ0v) is 19.4. The van der Waals surface area contributed by atoms with E-state index < -0.39 is 0 Å². The number of ether oxygens (including phenoxy) is 2. The Balaban J connectivity index is 1.98. The maximum Gasteiger partial charge on any atom is 0.261 e. The summed E-state index contributed by atoms with van der Waals surface area (Å²) in [6.07, 6.45) is 4.35. The molecule has 2 rings (SSSR count). The molecule has 32 heavy (non-hydrogen) atoms. The van der Waals surface area contributed by atoms with Crippen LogP contribution in [0.1, 0.15) is 53.3 Å². The van der Waals surface area contributed by atoms with Crippen LogP contribution in [-0.4, -0.2) is 43.8 Å². The third-order valence-electron chi connectivity index (χ3n) is 4.63. The number of unbranched alkanes of at least 4 members (excludes halogenated alkanes) is 3. The average Bonchev–Trinajstić information content (AvgIpc) is 2.79. The van der Waals surface area contributed by atoms with Gasteiger partial charge in [0, 0.05) is 13.7 Å². The lowest BCUT2D eigenvalue weighted by Gasteiger charge is -2.15. The Morgan fingerprint density at radius 3 is 2.38 bits per heavy atom. The number of carbonyl (C=O) groups excluding carboxylic acids is 2. The molecule has 2 aromatic rings. The van der Waals surface area contributed by atoms with Crippen molar-refractivity contribution in [2.24, 2.45) is 0 Å². The fourth-order valence-electron chi connectivity index (χ4n) is 2.97. The van der Waals surface area contributed by atoms with Gasteiger partial charge in [-0.05, 0) is 42.9 Å². The number of amides is 2. The number of anilines is 1. The lowest BCUT2D eigenvalue weighted by Crippen LogP contribution is -2.35. The highest BCUT2D eigenvalue weighted by Gasteiger charge is 2.16. The highest BCUT2D eigenvalue weighted by Crippen LogP contribution is 2.19. The third-order valence-corrected chi connectivity index (χ3v) is 4.83. The molecule has 7 nitrogen and oxygen atoms in total. The number of thiocarbonyl (C=S) groups is 1. The molecular weight excluding hydrogens is 426 g/mol. The molecule has 0 aliphatic carbocycles. The van der Waals surface area contributed by atoms with E-state index in [0.29, 0.717) is 42.3 Å². The molecule has 0 heterocycles. The van der Waals surface area contributed by atoms with Gasteiger partial charge in [-0.15, -0.1) is 0 Å². The molecule has 3 N–H and O–H groups in total. The van der Waals surface area contributed by atoms with Crippen molar-refractivity contribution in [2.45, 2.75) is 32.6 Å². The number of benzene rings is 2. The minimum Gasteiger partial charge on any atom is -0.493 e. The van der Waals surface area contributed by atoms with Crippen LogP contribution in [0.15, 0.2) is 48.5 Å². The van der Waals surface area contributed by atoms with Gasteiger partial charge < -0.3 is 20.1 Å². The molecule has 0 spiro atoms. The first kappa shape index (κ1) is 25.3. The molecule has 0 fully saturated rings. The van der Waals surface area contributed by atoms with Crippen molar-refractivity contribution in [1.29, 1.82) is 0 Å². The predicted octanol–water partition coefficient (Wildman–Crippen LogP) is 4.15. The fourth-order valence-corrected chi connectivity index (χ4v) is 3.17. The number of para-hydroxylation sites is 2. The molecule has 2 amide bonds. The van der Waals surface area contributed by atoms with Crippen LogP contribution in [0.5, 0.6) is 5.75 Å². The third kappa shape index (κ3) is 8.28. The van der Waals surface area contributed by atoms with E-state index in [4.69, 9.17) is 21.7 Å². The van der Waals surface area contributed by atoms with Gasteiger partial charge in [0.05, 0.1) is 30.0 Å². The van der Waals surface area contributed by atoms with Crippen LogP contribution in [-0.2, 0) is 4.74 Å². The number of methoxy groups -OCH3 is 1. The highest BCUT2D eigenvalue weighted by molar-refractivity contribution is 7.80. The van der Waals surface area contributed by atoms with E-state index in [2.05, 4.69) is 22.9 Å². The summed E-state index contributed by atoms with van der Waals surface area (Å²) in [5, 5.41) is 8.46. The molecule has 0 bridgehead atoms. The van der Waals surface area contributed by atoms with E-state index in [1.807, 2.05) is 6.07 Å². The standard InChI is InChI=1S/C24H31N3O4S/c1-3-4-5-10-16-31-21-14-9-7-12-19(21)23(29)27-24(32)26-20-13-8-6-11-18(20)22(28)25-15-17-30-2/h6-9,11-14H,3-5,10,15-17H2,1-2H3,(H,25,28)(H2,26,27,29,32). The van der Waals surface area contributed by atoms with Crippen LogP contribution in [0.3, 0.4) is 0 Å². The minimum absolute atomic E-state index is 0.0879. The second kappa shape index (κ2) is 14.2. The van der Waals surface area contributed by atoms with Gasteiger partial charge in [-0.25, -0.2) is 0 Å². The number of carbonyl (C=O) groups is 2. The van der Waals surface area contributed by atoms with Crippen LogP contribution < -0.4 is 20.7 Å². The quantitative estimate of drug-likeness (QED) is 0.328. The SMILES string of the molecule is CCCCCCOc1ccccc1C(=O)NC(=S)Nc1ccccc1C(=O)NCCOC. The van der Waals surface area contributed by atoms with Gasteiger partial charge in [0.2, 0.25) is 0 Å². The Hall–Kier alpha value is -2.97. The topological polar surface area (TPSA) is 88.7 Å². The van der Waals surface area contributed by atoms with Crippen molar-refractivity contribution in [3.63, 3.8) is 0 Å². The second-order valence-corrected chi connectivity index (χ2v) is 7.52. The maximum absolute atomic E-state index is 12.8. The summed E-state index contributed by atoms with van der Waals surface area (Å²) in [4.78, 5) is 25.2. The van der Waals surface area contributed by atoms with Gasteiger partial charge in [0.25, 0.3) is 11.8 Å². The molecule has 0 aliphatic rings. The Morgan fingerprint density at radius 1 is 0.906 bits per heavy atom. The minimum atomic E-state index is -0.381. The van der Waals surface area contributed by atoms with Crippen molar-refractivity contribution >= 4 is 34.8 Å². The number of hydrogen-bond donors (Lipinski definition) is 3. The largest absolute Gasteiger partial charge is 0.493 e. The molecule has 0 aromatic heterocycles. The predicted molar refractivity (Wildman–Crippen MR) is 130 cm³/mol. The lowest BCUT2D eigenvalue weighted by atomic mass is 10.1. The Morgan fingerprint density at radius 2 is 1.62 bits per heavy atom. The zero-order valence-electron chi connectivity index (χ0n) is 18.6. The Bertz CT molecular complexity index is 904. The van der Waals surface area contributed by atoms with Crippen molar-refractivity contribution < 1.29 is 19.1 Å². The first-order valence-corrected chi connectivity index (χ1v) is 11.2. The van der Waals surface area contributed by atoms with E-state index in [-0.39, 0.29) is 16.9 Å². The second-order valence-electron chi connectivity index (χ2n) is 7.11. The molecule has 0 radical (unpaired) electrons. The van der Waals surface area contributed by atoms with Gasteiger partial charge in [-0.1, -0.05) is 50.5 Å². The first-order valence-electron chi connectivity index (χ1n) is 10.8. The summed E-state index contributed by atoms with van der Waals surface area (Å²) in [5.74, 6) is -0.128. The molecule has 8 heteroatoms. The highest BCUT2D eigenvalue weighted by atomic mass is 32.1. The molecular formula is C24H31N3O4S. The summed E-state index contributed by atoms with van der Waals surface area (Å²) in [6, 6.07) is 14.0. The lowest BCUT2D eigenvalue weighted by molar-refractivity contribution is 0.0936.